The number of carbonyl (C=O) groups is 1. The average Bonchev–Trinajstić information content (AvgIpc) is 2.97. The number of furan rings is 1. The molecule has 0 saturated carbocycles. The fraction of sp³-hybridized carbons (Fsp3) is 0.267. The quantitative estimate of drug-likeness (QED) is 0.909. The molecule has 21 heavy (non-hydrogen) atoms. The highest BCUT2D eigenvalue weighted by atomic mass is 35.5. The summed E-state index contributed by atoms with van der Waals surface area (Å²) in [5.41, 5.74) is 6.55. The lowest BCUT2D eigenvalue weighted by molar-refractivity contribution is 0.0905. The second kappa shape index (κ2) is 6.13. The first-order valence-electron chi connectivity index (χ1n) is 6.69. The Kier molecular flexibility index (Phi) is 4.24. The van der Waals surface area contributed by atoms with Crippen molar-refractivity contribution in [2.24, 2.45) is 5.73 Å². The second-order valence-corrected chi connectivity index (χ2v) is 6.39. The van der Waals surface area contributed by atoms with Gasteiger partial charge in [0.05, 0.1) is 12.6 Å². The molecule has 1 unspecified atom stereocenters. The number of rotatable bonds is 3. The molecule has 1 amide bonds. The summed E-state index contributed by atoms with van der Waals surface area (Å²) in [5.74, 6) is 1.63. The van der Waals surface area contributed by atoms with Crippen LogP contribution >= 0.6 is 23.4 Å². The first kappa shape index (κ1) is 14.5. The van der Waals surface area contributed by atoms with Gasteiger partial charge in [0.15, 0.2) is 5.76 Å². The first-order chi connectivity index (χ1) is 10.2. The van der Waals surface area contributed by atoms with Crippen LogP contribution in [0.1, 0.15) is 34.3 Å². The van der Waals surface area contributed by atoms with Crippen molar-refractivity contribution in [3.8, 4) is 0 Å². The normalized spacial score (nSPS) is 17.3. The minimum atomic E-state index is -0.225. The van der Waals surface area contributed by atoms with Crippen LogP contribution in [0.5, 0.6) is 0 Å². The predicted octanol–water partition coefficient (Wildman–Crippen LogP) is 3.36. The summed E-state index contributed by atoms with van der Waals surface area (Å²) < 4.78 is 5.38. The van der Waals surface area contributed by atoms with Gasteiger partial charge in [0.1, 0.15) is 5.76 Å². The molecule has 0 saturated heterocycles. The zero-order chi connectivity index (χ0) is 14.8. The van der Waals surface area contributed by atoms with Crippen molar-refractivity contribution in [2.75, 3.05) is 5.75 Å². The number of amides is 1. The molecule has 3 rings (SSSR count). The molecule has 1 aromatic heterocycles. The van der Waals surface area contributed by atoms with Gasteiger partial charge in [-0.25, -0.2) is 0 Å². The maximum absolute atomic E-state index is 12.3. The van der Waals surface area contributed by atoms with E-state index in [2.05, 4.69) is 5.32 Å². The molecule has 2 aromatic rings. The lowest BCUT2D eigenvalue weighted by Crippen LogP contribution is -2.30. The van der Waals surface area contributed by atoms with E-state index in [1.165, 1.54) is 0 Å². The lowest BCUT2D eigenvalue weighted by atomic mass is 10.0. The zero-order valence-electron chi connectivity index (χ0n) is 11.3. The van der Waals surface area contributed by atoms with Crippen LogP contribution in [-0.2, 0) is 6.54 Å². The van der Waals surface area contributed by atoms with Crippen LogP contribution in [0.2, 0.25) is 5.02 Å². The number of nitrogens with one attached hydrogen (secondary N) is 1. The summed E-state index contributed by atoms with van der Waals surface area (Å²) in [7, 11) is 0. The molecule has 110 valence electrons. The average molecular weight is 323 g/mol. The molecule has 3 N–H and O–H groups in total. The molecule has 4 nitrogen and oxygen atoms in total. The molecule has 0 bridgehead atoms. The van der Waals surface area contributed by atoms with Crippen molar-refractivity contribution in [1.29, 1.82) is 0 Å². The molecular formula is C15H15ClN2O2S. The minimum Gasteiger partial charge on any atom is -0.455 e. The van der Waals surface area contributed by atoms with Gasteiger partial charge in [-0.1, -0.05) is 11.6 Å². The third-order valence-electron chi connectivity index (χ3n) is 3.40. The molecule has 1 aromatic carbocycles. The molecule has 6 heteroatoms. The van der Waals surface area contributed by atoms with Crippen LogP contribution in [0, 0.1) is 0 Å². The van der Waals surface area contributed by atoms with Gasteiger partial charge >= 0.3 is 0 Å². The zero-order valence-corrected chi connectivity index (χ0v) is 12.8. The molecule has 0 aliphatic carbocycles. The largest absolute Gasteiger partial charge is 0.455 e. The van der Waals surface area contributed by atoms with Crippen molar-refractivity contribution in [3.05, 3.63) is 52.4 Å². The number of thioether (sulfide) groups is 1. The van der Waals surface area contributed by atoms with E-state index in [4.69, 9.17) is 21.8 Å². The highest BCUT2D eigenvalue weighted by Crippen LogP contribution is 2.37. The Morgan fingerprint density at radius 3 is 3.05 bits per heavy atom. The van der Waals surface area contributed by atoms with Gasteiger partial charge < -0.3 is 15.5 Å². The summed E-state index contributed by atoms with van der Waals surface area (Å²) in [5, 5.41) is 3.69. The van der Waals surface area contributed by atoms with E-state index in [1.54, 1.807) is 23.9 Å². The van der Waals surface area contributed by atoms with Crippen molar-refractivity contribution >= 4 is 29.3 Å². The van der Waals surface area contributed by atoms with Crippen molar-refractivity contribution in [3.63, 3.8) is 0 Å². The van der Waals surface area contributed by atoms with E-state index < -0.39 is 0 Å². The Bertz CT molecular complexity index is 671. The van der Waals surface area contributed by atoms with E-state index >= 15 is 0 Å². The SMILES string of the molecule is NCc1ccc(C(=O)NC2CCSc3ccc(Cl)cc32)o1. The maximum Gasteiger partial charge on any atom is 0.287 e. The van der Waals surface area contributed by atoms with E-state index in [-0.39, 0.29) is 24.3 Å². The second-order valence-electron chi connectivity index (χ2n) is 4.82. The monoisotopic (exact) mass is 322 g/mol. The Morgan fingerprint density at radius 2 is 2.29 bits per heavy atom. The van der Waals surface area contributed by atoms with E-state index in [0.29, 0.717) is 10.8 Å². The third-order valence-corrected chi connectivity index (χ3v) is 4.76. The molecule has 1 aliphatic heterocycles. The Hall–Kier alpha value is -1.43. The van der Waals surface area contributed by atoms with E-state index in [1.807, 2.05) is 18.2 Å². The first-order valence-corrected chi connectivity index (χ1v) is 8.05. The van der Waals surface area contributed by atoms with Gasteiger partial charge in [-0.15, -0.1) is 11.8 Å². The number of fused-ring (bicyclic) bond motifs is 1. The number of halogens is 1. The Balaban J connectivity index is 1.80. The highest BCUT2D eigenvalue weighted by molar-refractivity contribution is 7.99. The summed E-state index contributed by atoms with van der Waals surface area (Å²) in [6.07, 6.45) is 0.869. The van der Waals surface area contributed by atoms with Gasteiger partial charge in [0.25, 0.3) is 5.91 Å². The Morgan fingerprint density at radius 1 is 1.43 bits per heavy atom. The van der Waals surface area contributed by atoms with Gasteiger partial charge in [-0.2, -0.15) is 0 Å². The number of hydrogen-bond donors (Lipinski definition) is 2. The standard InChI is InChI=1S/C15H15ClN2O2S/c16-9-1-4-14-11(7-9)12(5-6-21-14)18-15(19)13-3-2-10(8-17)20-13/h1-4,7,12H,5-6,8,17H2,(H,18,19). The number of carbonyl (C=O) groups excluding carboxylic acids is 1. The summed E-state index contributed by atoms with van der Waals surface area (Å²) >= 11 is 7.85. The van der Waals surface area contributed by atoms with Crippen LogP contribution < -0.4 is 11.1 Å². The van der Waals surface area contributed by atoms with Crippen LogP contribution in [0.4, 0.5) is 0 Å². The summed E-state index contributed by atoms with van der Waals surface area (Å²) in [6, 6.07) is 9.11. The van der Waals surface area contributed by atoms with Gasteiger partial charge in [-0.3, -0.25) is 4.79 Å². The van der Waals surface area contributed by atoms with Crippen molar-refractivity contribution in [1.82, 2.24) is 5.32 Å². The fourth-order valence-corrected chi connectivity index (χ4v) is 3.64. The Labute approximate surface area is 132 Å². The number of nitrogens with two attached hydrogens (primary N) is 1. The number of benzene rings is 1. The number of hydrogen-bond acceptors (Lipinski definition) is 4. The molecule has 0 radical (unpaired) electrons. The smallest absolute Gasteiger partial charge is 0.287 e. The third kappa shape index (κ3) is 3.10. The fourth-order valence-electron chi connectivity index (χ4n) is 2.35. The minimum absolute atomic E-state index is 0.0427. The van der Waals surface area contributed by atoms with Gasteiger partial charge in [0, 0.05) is 15.7 Å². The summed E-state index contributed by atoms with van der Waals surface area (Å²) in [6.45, 7) is 0.284. The lowest BCUT2D eigenvalue weighted by Gasteiger charge is -2.25. The van der Waals surface area contributed by atoms with Gasteiger partial charge in [-0.05, 0) is 42.3 Å². The topological polar surface area (TPSA) is 68.3 Å². The van der Waals surface area contributed by atoms with Crippen molar-refractivity contribution in [2.45, 2.75) is 23.9 Å². The van der Waals surface area contributed by atoms with Crippen LogP contribution in [0.15, 0.2) is 39.6 Å². The molecule has 2 heterocycles. The van der Waals surface area contributed by atoms with E-state index in [9.17, 15) is 4.79 Å². The molecule has 0 spiro atoms. The predicted molar refractivity (Wildman–Crippen MR) is 83.6 cm³/mol. The molecule has 1 aliphatic rings. The van der Waals surface area contributed by atoms with Crippen LogP contribution in [0.25, 0.3) is 0 Å². The van der Waals surface area contributed by atoms with Gasteiger partial charge in [0.2, 0.25) is 0 Å². The van der Waals surface area contributed by atoms with Crippen molar-refractivity contribution < 1.29 is 9.21 Å². The highest BCUT2D eigenvalue weighted by Gasteiger charge is 2.24. The molecule has 1 atom stereocenters. The molecular weight excluding hydrogens is 308 g/mol. The van der Waals surface area contributed by atoms with Crippen LogP contribution in [-0.4, -0.2) is 11.7 Å². The van der Waals surface area contributed by atoms with Crippen LogP contribution in [0.3, 0.4) is 0 Å². The molecule has 0 fully saturated rings. The van der Waals surface area contributed by atoms with E-state index in [0.717, 1.165) is 22.6 Å². The maximum atomic E-state index is 12.3. The summed E-state index contributed by atoms with van der Waals surface area (Å²) in [4.78, 5) is 13.4.